The smallest absolute Gasteiger partial charge is 0.266 e. The quantitative estimate of drug-likeness (QED) is 0.474. The molecule has 1 aromatic heterocycles. The molecule has 1 amide bonds. The Morgan fingerprint density at radius 1 is 1.19 bits per heavy atom. The number of fused-ring (bicyclic) bond motifs is 1. The lowest BCUT2D eigenvalue weighted by molar-refractivity contribution is -0.122. The molecule has 3 aromatic rings. The Morgan fingerprint density at radius 2 is 1.94 bits per heavy atom. The molecule has 1 saturated heterocycles. The largest absolute Gasteiger partial charge is 0.481 e. The zero-order chi connectivity index (χ0) is 22.7. The van der Waals surface area contributed by atoms with E-state index in [4.69, 9.17) is 4.74 Å². The van der Waals surface area contributed by atoms with Crippen molar-refractivity contribution >= 4 is 32.6 Å². The highest BCUT2D eigenvalue weighted by Gasteiger charge is 2.19. The van der Waals surface area contributed by atoms with E-state index < -0.39 is 6.10 Å². The van der Waals surface area contributed by atoms with Crippen LogP contribution < -0.4 is 10.1 Å². The fraction of sp³-hybridized carbons (Fsp3) is 0.462. The fourth-order valence-corrected chi connectivity index (χ4v) is 5.05. The van der Waals surface area contributed by atoms with E-state index >= 15 is 0 Å². The minimum absolute atomic E-state index is 0.190. The third-order valence-corrected chi connectivity index (χ3v) is 7.11. The van der Waals surface area contributed by atoms with Gasteiger partial charge in [0, 0.05) is 6.54 Å². The summed E-state index contributed by atoms with van der Waals surface area (Å²) < 4.78 is 7.08. The van der Waals surface area contributed by atoms with E-state index in [-0.39, 0.29) is 5.91 Å². The number of nitrogens with one attached hydrogen (secondary N) is 1. The molecule has 1 unspecified atom stereocenters. The van der Waals surface area contributed by atoms with Crippen molar-refractivity contribution in [1.29, 1.82) is 0 Å². The van der Waals surface area contributed by atoms with Gasteiger partial charge >= 0.3 is 0 Å². The molecular formula is C26H33N3O2S. The second-order valence-electron chi connectivity index (χ2n) is 9.22. The third-order valence-electron chi connectivity index (χ3n) is 6.18. The van der Waals surface area contributed by atoms with Gasteiger partial charge in [-0.15, -0.1) is 0 Å². The highest BCUT2D eigenvalue weighted by atomic mass is 32.1. The van der Waals surface area contributed by atoms with Crippen molar-refractivity contribution < 1.29 is 9.53 Å². The number of amides is 1. The van der Waals surface area contributed by atoms with E-state index in [0.29, 0.717) is 11.0 Å². The Labute approximate surface area is 194 Å². The molecular weight excluding hydrogens is 418 g/mol. The SMILES string of the molecule is CC1CCN(Cc2ccc3nc(NC(=O)C(C)Oc4ccccc4C(C)C)sc3c2)CC1. The van der Waals surface area contributed by atoms with Crippen molar-refractivity contribution in [1.82, 2.24) is 9.88 Å². The molecule has 6 heteroatoms. The number of rotatable bonds is 7. The van der Waals surface area contributed by atoms with Gasteiger partial charge in [0.05, 0.1) is 10.2 Å². The molecule has 1 N–H and O–H groups in total. The molecule has 2 aromatic carbocycles. The average Bonchev–Trinajstić information content (AvgIpc) is 3.17. The van der Waals surface area contributed by atoms with E-state index in [1.807, 2.05) is 24.3 Å². The number of ether oxygens (including phenoxy) is 1. The van der Waals surface area contributed by atoms with E-state index in [1.54, 1.807) is 6.92 Å². The number of aromatic nitrogens is 1. The van der Waals surface area contributed by atoms with Gasteiger partial charge in [-0.25, -0.2) is 4.98 Å². The summed E-state index contributed by atoms with van der Waals surface area (Å²) in [7, 11) is 0. The Hall–Kier alpha value is -2.44. The topological polar surface area (TPSA) is 54.5 Å². The molecule has 2 heterocycles. The standard InChI is InChI=1S/C26H33N3O2S/c1-17(2)21-7-5-6-8-23(21)31-19(4)25(30)28-26-27-22-10-9-20(15-24(22)32-26)16-29-13-11-18(3)12-14-29/h5-10,15,17-19H,11-14,16H2,1-4H3,(H,27,28,30). The van der Waals surface area contributed by atoms with Gasteiger partial charge in [0.25, 0.3) is 5.91 Å². The second-order valence-corrected chi connectivity index (χ2v) is 10.3. The molecule has 1 aliphatic heterocycles. The van der Waals surface area contributed by atoms with Crippen LogP contribution in [0.2, 0.25) is 0 Å². The van der Waals surface area contributed by atoms with Crippen LogP contribution in [0.25, 0.3) is 10.2 Å². The van der Waals surface area contributed by atoms with Gasteiger partial charge in [0.1, 0.15) is 5.75 Å². The summed E-state index contributed by atoms with van der Waals surface area (Å²) >= 11 is 1.52. The van der Waals surface area contributed by atoms with Crippen LogP contribution in [0.3, 0.4) is 0 Å². The normalized spacial score (nSPS) is 16.4. The van der Waals surface area contributed by atoms with Crippen molar-refractivity contribution in [3.8, 4) is 5.75 Å². The Bertz CT molecular complexity index is 1070. The Balaban J connectivity index is 1.40. The number of anilines is 1. The molecule has 5 nitrogen and oxygen atoms in total. The van der Waals surface area contributed by atoms with Gasteiger partial charge in [-0.2, -0.15) is 0 Å². The maximum atomic E-state index is 12.8. The number of nitrogens with zero attached hydrogens (tertiary/aromatic N) is 2. The lowest BCUT2D eigenvalue weighted by atomic mass is 9.99. The average molecular weight is 452 g/mol. The lowest BCUT2D eigenvalue weighted by Crippen LogP contribution is -2.32. The number of carbonyl (C=O) groups excluding carboxylic acids is 1. The molecule has 0 radical (unpaired) electrons. The summed E-state index contributed by atoms with van der Waals surface area (Å²) in [4.78, 5) is 19.9. The van der Waals surface area contributed by atoms with Gasteiger partial charge in [-0.1, -0.05) is 56.4 Å². The summed E-state index contributed by atoms with van der Waals surface area (Å²) in [6.07, 6.45) is 1.95. The third kappa shape index (κ3) is 5.48. The molecule has 32 heavy (non-hydrogen) atoms. The van der Waals surface area contributed by atoms with Gasteiger partial charge in [0.15, 0.2) is 11.2 Å². The van der Waals surface area contributed by atoms with Crippen LogP contribution in [0.5, 0.6) is 5.75 Å². The number of benzene rings is 2. The van der Waals surface area contributed by atoms with E-state index in [1.165, 1.54) is 42.8 Å². The molecule has 0 bridgehead atoms. The molecule has 0 saturated carbocycles. The van der Waals surface area contributed by atoms with Gasteiger partial charge < -0.3 is 4.74 Å². The van der Waals surface area contributed by atoms with E-state index in [9.17, 15) is 4.79 Å². The van der Waals surface area contributed by atoms with E-state index in [2.05, 4.69) is 54.2 Å². The number of thiazole rings is 1. The predicted octanol–water partition coefficient (Wildman–Crippen LogP) is 6.06. The molecule has 0 aliphatic carbocycles. The lowest BCUT2D eigenvalue weighted by Gasteiger charge is -2.30. The van der Waals surface area contributed by atoms with Crippen LogP contribution in [-0.2, 0) is 11.3 Å². The van der Waals surface area contributed by atoms with Crippen LogP contribution in [0.1, 0.15) is 57.6 Å². The van der Waals surface area contributed by atoms with Crippen molar-refractivity contribution in [3.05, 3.63) is 53.6 Å². The Kier molecular flexibility index (Phi) is 7.11. The number of piperidine rings is 1. The molecule has 1 fully saturated rings. The maximum absolute atomic E-state index is 12.8. The number of likely N-dealkylation sites (tertiary alicyclic amines) is 1. The Morgan fingerprint density at radius 3 is 2.69 bits per heavy atom. The van der Waals surface area contributed by atoms with Crippen molar-refractivity contribution in [2.45, 2.75) is 59.1 Å². The summed E-state index contributed by atoms with van der Waals surface area (Å²) in [5.74, 6) is 1.73. The summed E-state index contributed by atoms with van der Waals surface area (Å²) in [6.45, 7) is 11.7. The zero-order valence-electron chi connectivity index (χ0n) is 19.4. The number of carbonyl (C=O) groups is 1. The van der Waals surface area contributed by atoms with Crippen molar-refractivity contribution in [2.24, 2.45) is 5.92 Å². The monoisotopic (exact) mass is 451 g/mol. The van der Waals surface area contributed by atoms with Crippen LogP contribution >= 0.6 is 11.3 Å². The first kappa shape index (κ1) is 22.7. The van der Waals surface area contributed by atoms with Crippen LogP contribution in [-0.4, -0.2) is 35.0 Å². The zero-order valence-corrected chi connectivity index (χ0v) is 20.2. The van der Waals surface area contributed by atoms with Gasteiger partial charge in [-0.05, 0) is 74.0 Å². The predicted molar refractivity (Wildman–Crippen MR) is 133 cm³/mol. The van der Waals surface area contributed by atoms with Gasteiger partial charge in [-0.3, -0.25) is 15.0 Å². The van der Waals surface area contributed by atoms with Crippen LogP contribution in [0.4, 0.5) is 5.13 Å². The molecule has 0 spiro atoms. The second kappa shape index (κ2) is 10.0. The highest BCUT2D eigenvalue weighted by Crippen LogP contribution is 2.29. The summed E-state index contributed by atoms with van der Waals surface area (Å²) in [5.41, 5.74) is 3.32. The molecule has 170 valence electrons. The van der Waals surface area contributed by atoms with Crippen molar-refractivity contribution in [3.63, 3.8) is 0 Å². The van der Waals surface area contributed by atoms with E-state index in [0.717, 1.165) is 34.0 Å². The maximum Gasteiger partial charge on any atom is 0.266 e. The number of hydrogen-bond donors (Lipinski definition) is 1. The van der Waals surface area contributed by atoms with Crippen LogP contribution in [0.15, 0.2) is 42.5 Å². The minimum Gasteiger partial charge on any atom is -0.481 e. The minimum atomic E-state index is -0.612. The highest BCUT2D eigenvalue weighted by molar-refractivity contribution is 7.22. The molecule has 4 rings (SSSR count). The number of hydrogen-bond acceptors (Lipinski definition) is 5. The summed E-state index contributed by atoms with van der Waals surface area (Å²) in [6, 6.07) is 14.3. The fourth-order valence-electron chi connectivity index (χ4n) is 4.12. The van der Waals surface area contributed by atoms with Crippen LogP contribution in [0, 0.1) is 5.92 Å². The first-order chi connectivity index (χ1) is 15.4. The van der Waals surface area contributed by atoms with Crippen molar-refractivity contribution in [2.75, 3.05) is 18.4 Å². The molecule has 1 aliphatic rings. The first-order valence-corrected chi connectivity index (χ1v) is 12.4. The summed E-state index contributed by atoms with van der Waals surface area (Å²) in [5, 5.41) is 3.55. The number of para-hydroxylation sites is 1. The molecule has 1 atom stereocenters. The van der Waals surface area contributed by atoms with Gasteiger partial charge in [0.2, 0.25) is 0 Å². The first-order valence-electron chi connectivity index (χ1n) is 11.6.